The molecule has 1 heterocycles. The number of Topliss-reactive ketones (excluding diaryl/α,β-unsaturated/α-hetero) is 1. The van der Waals surface area contributed by atoms with E-state index in [0.29, 0.717) is 0 Å². The summed E-state index contributed by atoms with van der Waals surface area (Å²) in [4.78, 5) is 35.5. The van der Waals surface area contributed by atoms with E-state index in [4.69, 9.17) is 9.84 Å². The number of carbonyl (C=O) groups is 3. The predicted molar refractivity (Wildman–Crippen MR) is 58.5 cm³/mol. The van der Waals surface area contributed by atoms with Crippen molar-refractivity contribution in [1.82, 2.24) is 4.90 Å². The molecule has 0 saturated carbocycles. The van der Waals surface area contributed by atoms with E-state index in [2.05, 4.69) is 0 Å². The predicted octanol–water partition coefficient (Wildman–Crippen LogP) is 0.755. The zero-order chi connectivity index (χ0) is 13.0. The van der Waals surface area contributed by atoms with Crippen LogP contribution in [0.1, 0.15) is 20.3 Å². The fourth-order valence-corrected chi connectivity index (χ4v) is 1.93. The third-order valence-electron chi connectivity index (χ3n) is 2.85. The Balaban J connectivity index is 2.78. The van der Waals surface area contributed by atoms with E-state index >= 15 is 0 Å². The molecule has 0 bridgehead atoms. The van der Waals surface area contributed by atoms with Crippen molar-refractivity contribution in [3.8, 4) is 0 Å². The van der Waals surface area contributed by atoms with Crippen molar-refractivity contribution >= 4 is 17.8 Å². The van der Waals surface area contributed by atoms with Crippen molar-refractivity contribution in [1.29, 1.82) is 0 Å². The summed E-state index contributed by atoms with van der Waals surface area (Å²) < 4.78 is 4.83. The maximum absolute atomic E-state index is 11.9. The van der Waals surface area contributed by atoms with Crippen molar-refractivity contribution in [3.05, 3.63) is 0 Å². The lowest BCUT2D eigenvalue weighted by Crippen LogP contribution is -2.34. The first-order valence-corrected chi connectivity index (χ1v) is 5.65. The molecule has 1 amide bonds. The van der Waals surface area contributed by atoms with E-state index in [0.717, 1.165) is 0 Å². The van der Waals surface area contributed by atoms with Gasteiger partial charge in [0.2, 0.25) is 0 Å². The van der Waals surface area contributed by atoms with Gasteiger partial charge in [0.05, 0.1) is 6.61 Å². The Hall–Kier alpha value is -1.59. The van der Waals surface area contributed by atoms with E-state index in [1.54, 1.807) is 13.8 Å². The molecule has 1 aliphatic heterocycles. The van der Waals surface area contributed by atoms with E-state index < -0.39 is 23.9 Å². The largest absolute Gasteiger partial charge is 0.465 e. The van der Waals surface area contributed by atoms with Crippen molar-refractivity contribution in [2.24, 2.45) is 11.8 Å². The number of nitrogens with zero attached hydrogens (tertiary/aromatic N) is 1. The average molecular weight is 243 g/mol. The van der Waals surface area contributed by atoms with Gasteiger partial charge in [-0.05, 0) is 13.3 Å². The molecule has 1 aliphatic rings. The first kappa shape index (κ1) is 13.5. The van der Waals surface area contributed by atoms with Gasteiger partial charge in [-0.1, -0.05) is 6.92 Å². The molecule has 0 radical (unpaired) electrons. The molecule has 2 atom stereocenters. The highest BCUT2D eigenvalue weighted by atomic mass is 16.5. The average Bonchev–Trinajstić information content (AvgIpc) is 2.40. The summed E-state index contributed by atoms with van der Waals surface area (Å²) in [5.74, 6) is -2.07. The van der Waals surface area contributed by atoms with Crippen molar-refractivity contribution in [3.63, 3.8) is 0 Å². The highest BCUT2D eigenvalue weighted by molar-refractivity contribution is 6.00. The number of hydrogen-bond acceptors (Lipinski definition) is 4. The van der Waals surface area contributed by atoms with Gasteiger partial charge in [0.1, 0.15) is 5.92 Å². The van der Waals surface area contributed by atoms with Crippen LogP contribution in [0.15, 0.2) is 0 Å². The van der Waals surface area contributed by atoms with Gasteiger partial charge in [0.25, 0.3) is 0 Å². The van der Waals surface area contributed by atoms with E-state index in [9.17, 15) is 14.4 Å². The van der Waals surface area contributed by atoms with Crippen LogP contribution in [0.4, 0.5) is 4.79 Å². The lowest BCUT2D eigenvalue weighted by molar-refractivity contribution is -0.152. The zero-order valence-corrected chi connectivity index (χ0v) is 10.0. The second kappa shape index (κ2) is 5.65. The molecule has 0 aliphatic carbocycles. The molecule has 96 valence electrons. The van der Waals surface area contributed by atoms with Crippen LogP contribution in [0.25, 0.3) is 0 Å². The quantitative estimate of drug-likeness (QED) is 0.571. The number of esters is 1. The van der Waals surface area contributed by atoms with Gasteiger partial charge in [-0.25, -0.2) is 4.79 Å². The summed E-state index contributed by atoms with van der Waals surface area (Å²) in [7, 11) is 0. The number of likely N-dealkylation sites (tertiary alicyclic amines) is 1. The number of amides is 1. The molecule has 6 heteroatoms. The fraction of sp³-hybridized carbons (Fsp3) is 0.727. The Labute approximate surface area is 99.5 Å². The zero-order valence-electron chi connectivity index (χ0n) is 10.0. The maximum atomic E-state index is 11.9. The Morgan fingerprint density at radius 1 is 1.53 bits per heavy atom. The van der Waals surface area contributed by atoms with Gasteiger partial charge in [0.15, 0.2) is 5.78 Å². The molecule has 17 heavy (non-hydrogen) atoms. The minimum absolute atomic E-state index is 0.143. The topological polar surface area (TPSA) is 83.9 Å². The molecule has 2 unspecified atom stereocenters. The second-order valence-corrected chi connectivity index (χ2v) is 4.13. The van der Waals surface area contributed by atoms with Crippen LogP contribution in [-0.2, 0) is 14.3 Å². The van der Waals surface area contributed by atoms with Crippen LogP contribution in [0, 0.1) is 11.8 Å². The van der Waals surface area contributed by atoms with Gasteiger partial charge in [-0.15, -0.1) is 0 Å². The Kier molecular flexibility index (Phi) is 4.48. The highest BCUT2D eigenvalue weighted by Gasteiger charge is 2.36. The number of ether oxygens (including phenoxy) is 1. The first-order chi connectivity index (χ1) is 7.97. The third-order valence-corrected chi connectivity index (χ3v) is 2.85. The monoisotopic (exact) mass is 243 g/mol. The molecule has 1 saturated heterocycles. The first-order valence-electron chi connectivity index (χ1n) is 5.65. The van der Waals surface area contributed by atoms with Crippen molar-refractivity contribution in [2.75, 3.05) is 19.7 Å². The molecule has 1 fully saturated rings. The molecule has 6 nitrogen and oxygen atoms in total. The lowest BCUT2D eigenvalue weighted by atomic mass is 9.93. The third kappa shape index (κ3) is 3.18. The van der Waals surface area contributed by atoms with E-state index in [1.165, 1.54) is 4.90 Å². The highest BCUT2D eigenvalue weighted by Crippen LogP contribution is 2.20. The molecule has 0 aromatic rings. The summed E-state index contributed by atoms with van der Waals surface area (Å²) >= 11 is 0. The summed E-state index contributed by atoms with van der Waals surface area (Å²) in [6, 6.07) is 0. The Bertz CT molecular complexity index is 328. The number of carbonyl (C=O) groups excluding carboxylic acids is 2. The molecule has 1 rings (SSSR count). The number of ketones is 1. The van der Waals surface area contributed by atoms with Gasteiger partial charge < -0.3 is 14.7 Å². The normalized spacial score (nSPS) is 25.3. The minimum Gasteiger partial charge on any atom is -0.465 e. The Morgan fingerprint density at radius 2 is 2.18 bits per heavy atom. The molecule has 1 N–H and O–H groups in total. The smallest absolute Gasteiger partial charge is 0.407 e. The summed E-state index contributed by atoms with van der Waals surface area (Å²) in [6.45, 7) is 3.86. The molecule has 0 aromatic heterocycles. The standard InChI is InChI=1S/C11H17NO5/c1-3-17-10(14)8-4-5-12(11(15)16)6-7(2)9(8)13/h7-8H,3-6H2,1-2H3,(H,15,16). The van der Waals surface area contributed by atoms with E-state index in [1.807, 2.05) is 0 Å². The van der Waals surface area contributed by atoms with Crippen LogP contribution in [0.5, 0.6) is 0 Å². The number of carboxylic acid groups (broad SMARTS) is 1. The summed E-state index contributed by atoms with van der Waals surface area (Å²) in [6.07, 6.45) is -0.858. The van der Waals surface area contributed by atoms with Crippen molar-refractivity contribution < 1.29 is 24.2 Å². The molecule has 0 aromatic carbocycles. The van der Waals surface area contributed by atoms with Crippen LogP contribution >= 0.6 is 0 Å². The SMILES string of the molecule is CCOC(=O)C1CCN(C(=O)O)CC(C)C1=O. The summed E-state index contributed by atoms with van der Waals surface area (Å²) in [5, 5.41) is 8.89. The van der Waals surface area contributed by atoms with Crippen LogP contribution < -0.4 is 0 Å². The van der Waals surface area contributed by atoms with Crippen LogP contribution in [0.2, 0.25) is 0 Å². The molecular formula is C11H17NO5. The van der Waals surface area contributed by atoms with E-state index in [-0.39, 0.29) is 31.9 Å². The lowest BCUT2D eigenvalue weighted by Gasteiger charge is -2.17. The van der Waals surface area contributed by atoms with Crippen molar-refractivity contribution in [2.45, 2.75) is 20.3 Å². The molecule has 0 spiro atoms. The Morgan fingerprint density at radius 3 is 2.71 bits per heavy atom. The van der Waals surface area contributed by atoms with Crippen LogP contribution in [-0.4, -0.2) is 47.5 Å². The second-order valence-electron chi connectivity index (χ2n) is 4.13. The molecular weight excluding hydrogens is 226 g/mol. The fourth-order valence-electron chi connectivity index (χ4n) is 1.93. The summed E-state index contributed by atoms with van der Waals surface area (Å²) in [5.41, 5.74) is 0. The van der Waals surface area contributed by atoms with Gasteiger partial charge in [0, 0.05) is 19.0 Å². The van der Waals surface area contributed by atoms with Crippen LogP contribution in [0.3, 0.4) is 0 Å². The van der Waals surface area contributed by atoms with Gasteiger partial charge in [-0.2, -0.15) is 0 Å². The maximum Gasteiger partial charge on any atom is 0.407 e. The van der Waals surface area contributed by atoms with Gasteiger partial charge >= 0.3 is 12.1 Å². The number of hydrogen-bond donors (Lipinski definition) is 1. The minimum atomic E-state index is -1.06. The van der Waals surface area contributed by atoms with Gasteiger partial charge in [-0.3, -0.25) is 9.59 Å². The number of rotatable bonds is 2.